The number of hydrogen-bond acceptors (Lipinski definition) is 4. The molecule has 0 aliphatic rings. The van der Waals surface area contributed by atoms with Gasteiger partial charge in [0, 0.05) is 15.9 Å². The first-order chi connectivity index (χ1) is 7.11. The van der Waals surface area contributed by atoms with Gasteiger partial charge in [0.25, 0.3) is 0 Å². The third kappa shape index (κ3) is 3.42. The van der Waals surface area contributed by atoms with Gasteiger partial charge in [0.2, 0.25) is 0 Å². The molecule has 0 amide bonds. The standard InChI is InChI=1S/C11H17NO2S2/c1-11(2,3)15-8-6-5-7-9(10(8)12)16(4,13)14/h5-7H,12H2,1-4H3. The zero-order valence-electron chi connectivity index (χ0n) is 9.94. The molecular weight excluding hydrogens is 242 g/mol. The molecule has 3 nitrogen and oxygen atoms in total. The summed E-state index contributed by atoms with van der Waals surface area (Å²) in [6, 6.07) is 5.11. The Bertz CT molecular complexity index is 487. The van der Waals surface area contributed by atoms with Crippen molar-refractivity contribution >= 4 is 27.3 Å². The molecule has 0 saturated heterocycles. The largest absolute Gasteiger partial charge is 0.397 e. The van der Waals surface area contributed by atoms with E-state index in [4.69, 9.17) is 5.73 Å². The third-order valence-corrected chi connectivity index (χ3v) is 4.18. The minimum absolute atomic E-state index is 0.00421. The number of anilines is 1. The van der Waals surface area contributed by atoms with E-state index in [0.29, 0.717) is 5.69 Å². The lowest BCUT2D eigenvalue weighted by molar-refractivity contribution is 0.602. The van der Waals surface area contributed by atoms with Crippen LogP contribution in [0.5, 0.6) is 0 Å². The Morgan fingerprint density at radius 2 is 1.81 bits per heavy atom. The predicted molar refractivity (Wildman–Crippen MR) is 69.6 cm³/mol. The topological polar surface area (TPSA) is 60.2 Å². The fourth-order valence-electron chi connectivity index (χ4n) is 1.27. The van der Waals surface area contributed by atoms with Gasteiger partial charge in [0.15, 0.2) is 9.84 Å². The highest BCUT2D eigenvalue weighted by Gasteiger charge is 2.18. The molecule has 0 aromatic heterocycles. The second-order valence-electron chi connectivity index (χ2n) is 4.65. The van der Waals surface area contributed by atoms with Crippen molar-refractivity contribution in [1.82, 2.24) is 0 Å². The lowest BCUT2D eigenvalue weighted by Crippen LogP contribution is -2.09. The summed E-state index contributed by atoms with van der Waals surface area (Å²) in [4.78, 5) is 1.03. The number of rotatable bonds is 2. The molecule has 1 aromatic carbocycles. The normalized spacial score (nSPS) is 12.8. The van der Waals surface area contributed by atoms with Crippen LogP contribution in [0.15, 0.2) is 28.0 Å². The zero-order chi connectivity index (χ0) is 12.6. The van der Waals surface area contributed by atoms with Gasteiger partial charge in [-0.1, -0.05) is 26.8 Å². The van der Waals surface area contributed by atoms with E-state index in [2.05, 4.69) is 20.8 Å². The first-order valence-corrected chi connectivity index (χ1v) is 7.59. The molecule has 16 heavy (non-hydrogen) atoms. The maximum Gasteiger partial charge on any atom is 0.177 e. The Morgan fingerprint density at radius 3 is 2.25 bits per heavy atom. The van der Waals surface area contributed by atoms with Crippen molar-refractivity contribution in [3.8, 4) is 0 Å². The van der Waals surface area contributed by atoms with E-state index >= 15 is 0 Å². The molecule has 2 N–H and O–H groups in total. The Labute approximate surface area is 101 Å². The second-order valence-corrected chi connectivity index (χ2v) is 8.51. The van der Waals surface area contributed by atoms with Crippen LogP contribution < -0.4 is 5.73 Å². The summed E-state index contributed by atoms with van der Waals surface area (Å²) < 4.78 is 23.0. The molecule has 0 aliphatic heterocycles. The molecule has 0 heterocycles. The molecule has 0 atom stereocenters. The van der Waals surface area contributed by atoms with E-state index in [0.717, 1.165) is 4.90 Å². The molecule has 0 radical (unpaired) electrons. The number of hydrogen-bond donors (Lipinski definition) is 1. The summed E-state index contributed by atoms with van der Waals surface area (Å²) in [6.07, 6.45) is 1.17. The number of benzene rings is 1. The van der Waals surface area contributed by atoms with Crippen LogP contribution >= 0.6 is 11.8 Å². The Kier molecular flexibility index (Phi) is 3.59. The molecule has 1 aromatic rings. The van der Waals surface area contributed by atoms with Gasteiger partial charge < -0.3 is 5.73 Å². The predicted octanol–water partition coefficient (Wildman–Crippen LogP) is 2.56. The molecule has 0 unspecified atom stereocenters. The number of sulfone groups is 1. The van der Waals surface area contributed by atoms with Gasteiger partial charge in [-0.25, -0.2) is 8.42 Å². The average Bonchev–Trinajstić information content (AvgIpc) is 2.04. The van der Waals surface area contributed by atoms with Crippen LogP contribution in [0.25, 0.3) is 0 Å². The monoisotopic (exact) mass is 259 g/mol. The van der Waals surface area contributed by atoms with Crippen molar-refractivity contribution in [2.45, 2.75) is 35.3 Å². The molecule has 90 valence electrons. The molecule has 0 aliphatic carbocycles. The van der Waals surface area contributed by atoms with E-state index < -0.39 is 9.84 Å². The molecule has 5 heteroatoms. The van der Waals surface area contributed by atoms with Gasteiger partial charge in [-0.05, 0) is 12.1 Å². The van der Waals surface area contributed by atoms with E-state index in [1.54, 1.807) is 17.8 Å². The number of nitrogen functional groups attached to an aromatic ring is 1. The van der Waals surface area contributed by atoms with E-state index in [9.17, 15) is 8.42 Å². The van der Waals surface area contributed by atoms with Crippen LogP contribution in [0.2, 0.25) is 0 Å². The highest BCUT2D eigenvalue weighted by molar-refractivity contribution is 8.00. The van der Waals surface area contributed by atoms with Crippen molar-refractivity contribution in [2.75, 3.05) is 12.0 Å². The van der Waals surface area contributed by atoms with Crippen LogP contribution in [0.4, 0.5) is 5.69 Å². The van der Waals surface area contributed by atoms with Gasteiger partial charge in [0.1, 0.15) is 0 Å². The lowest BCUT2D eigenvalue weighted by atomic mass is 10.3. The van der Waals surface area contributed by atoms with Crippen molar-refractivity contribution in [1.29, 1.82) is 0 Å². The molecule has 1 rings (SSSR count). The smallest absolute Gasteiger partial charge is 0.177 e. The number of thioether (sulfide) groups is 1. The Morgan fingerprint density at radius 1 is 1.25 bits per heavy atom. The van der Waals surface area contributed by atoms with Gasteiger partial charge >= 0.3 is 0 Å². The minimum atomic E-state index is -3.25. The summed E-state index contributed by atoms with van der Waals surface area (Å²) in [5, 5.41) is 0. The first kappa shape index (κ1) is 13.4. The van der Waals surface area contributed by atoms with Gasteiger partial charge in [-0.2, -0.15) is 0 Å². The SMILES string of the molecule is CC(C)(C)Sc1cccc(S(C)(=O)=O)c1N. The van der Waals surface area contributed by atoms with Crippen molar-refractivity contribution < 1.29 is 8.42 Å². The first-order valence-electron chi connectivity index (χ1n) is 4.89. The molecule has 0 spiro atoms. The van der Waals surface area contributed by atoms with Crippen LogP contribution in [-0.4, -0.2) is 19.4 Å². The maximum atomic E-state index is 11.5. The van der Waals surface area contributed by atoms with Crippen molar-refractivity contribution in [3.05, 3.63) is 18.2 Å². The van der Waals surface area contributed by atoms with E-state index in [-0.39, 0.29) is 9.64 Å². The van der Waals surface area contributed by atoms with Crippen LogP contribution in [0.3, 0.4) is 0 Å². The molecular formula is C11H17NO2S2. The second kappa shape index (κ2) is 4.30. The lowest BCUT2D eigenvalue weighted by Gasteiger charge is -2.19. The zero-order valence-corrected chi connectivity index (χ0v) is 11.6. The van der Waals surface area contributed by atoms with E-state index in [1.165, 1.54) is 12.3 Å². The summed E-state index contributed by atoms with van der Waals surface area (Å²) in [5.74, 6) is 0. The number of para-hydroxylation sites is 1. The average molecular weight is 259 g/mol. The van der Waals surface area contributed by atoms with Gasteiger partial charge in [-0.3, -0.25) is 0 Å². The molecule has 0 bridgehead atoms. The summed E-state index contributed by atoms with van der Waals surface area (Å²) in [5.41, 5.74) is 6.23. The van der Waals surface area contributed by atoms with Gasteiger partial charge in [0.05, 0.1) is 10.6 Å². The van der Waals surface area contributed by atoms with Crippen LogP contribution in [0.1, 0.15) is 20.8 Å². The summed E-state index contributed by atoms with van der Waals surface area (Å²) in [7, 11) is -3.25. The fraction of sp³-hybridized carbons (Fsp3) is 0.455. The quantitative estimate of drug-likeness (QED) is 0.655. The maximum absolute atomic E-state index is 11.5. The van der Waals surface area contributed by atoms with E-state index in [1.807, 2.05) is 6.07 Å². The highest BCUT2D eigenvalue weighted by Crippen LogP contribution is 2.37. The highest BCUT2D eigenvalue weighted by atomic mass is 32.2. The Hall–Kier alpha value is -0.680. The minimum Gasteiger partial charge on any atom is -0.397 e. The van der Waals surface area contributed by atoms with Crippen LogP contribution in [-0.2, 0) is 9.84 Å². The molecule has 0 fully saturated rings. The third-order valence-electron chi connectivity index (χ3n) is 1.84. The van der Waals surface area contributed by atoms with Crippen molar-refractivity contribution in [2.24, 2.45) is 0 Å². The molecule has 0 saturated carbocycles. The fourth-order valence-corrected chi connectivity index (χ4v) is 3.19. The van der Waals surface area contributed by atoms with Crippen LogP contribution in [0, 0.1) is 0 Å². The summed E-state index contributed by atoms with van der Waals surface area (Å²) >= 11 is 1.57. The van der Waals surface area contributed by atoms with Crippen molar-refractivity contribution in [3.63, 3.8) is 0 Å². The van der Waals surface area contributed by atoms with Gasteiger partial charge in [-0.15, -0.1) is 11.8 Å². The number of nitrogens with two attached hydrogens (primary N) is 1. The summed E-state index contributed by atoms with van der Waals surface area (Å²) in [6.45, 7) is 6.18. The Balaban J connectivity index is 3.25.